The second kappa shape index (κ2) is 3.21. The third-order valence-electron chi connectivity index (χ3n) is 2.75. The van der Waals surface area contributed by atoms with E-state index < -0.39 is 6.23 Å². The zero-order chi connectivity index (χ0) is 11.1. The second-order valence-electron chi connectivity index (χ2n) is 3.67. The third kappa shape index (κ3) is 1.10. The number of nitrogens with zero attached hydrogens (tertiary/aromatic N) is 2. The predicted molar refractivity (Wildman–Crippen MR) is 58.4 cm³/mol. The maximum absolute atomic E-state index is 12.1. The highest BCUT2D eigenvalue weighted by Crippen LogP contribution is 2.29. The monoisotopic (exact) mass is 214 g/mol. The minimum Gasteiger partial charge on any atom is -0.368 e. The minimum atomic E-state index is -0.906. The standard InChI is InChI=1S/C12H10N2O2/c15-11-9-5-1-2-6-10(9)12(16)14(11)13-7-3-4-8-13/h1-8,11,15H/t11-/m1/s1. The number of carbonyl (C=O) groups excluding carboxylic acids is 1. The Balaban J connectivity index is 2.11. The van der Waals surface area contributed by atoms with Gasteiger partial charge in [-0.05, 0) is 18.2 Å². The van der Waals surface area contributed by atoms with Crippen LogP contribution in [0.4, 0.5) is 0 Å². The summed E-state index contributed by atoms with van der Waals surface area (Å²) in [7, 11) is 0. The molecular weight excluding hydrogens is 204 g/mol. The Kier molecular flexibility index (Phi) is 1.84. The molecule has 16 heavy (non-hydrogen) atoms. The molecule has 0 radical (unpaired) electrons. The molecule has 2 heterocycles. The summed E-state index contributed by atoms with van der Waals surface area (Å²) in [6.45, 7) is 0. The van der Waals surface area contributed by atoms with Gasteiger partial charge in [-0.15, -0.1) is 0 Å². The van der Waals surface area contributed by atoms with E-state index in [0.29, 0.717) is 11.1 Å². The number of aromatic nitrogens is 1. The summed E-state index contributed by atoms with van der Waals surface area (Å²) in [4.78, 5) is 12.1. The van der Waals surface area contributed by atoms with Crippen LogP contribution >= 0.6 is 0 Å². The van der Waals surface area contributed by atoms with Crippen LogP contribution in [0.1, 0.15) is 22.1 Å². The Labute approximate surface area is 92.3 Å². The number of hydrogen-bond acceptors (Lipinski definition) is 2. The van der Waals surface area contributed by atoms with Crippen molar-refractivity contribution in [2.75, 3.05) is 5.01 Å². The van der Waals surface area contributed by atoms with Gasteiger partial charge in [0.1, 0.15) is 0 Å². The lowest BCUT2D eigenvalue weighted by Gasteiger charge is -2.21. The second-order valence-corrected chi connectivity index (χ2v) is 3.67. The van der Waals surface area contributed by atoms with Crippen LogP contribution in [0.2, 0.25) is 0 Å². The first-order valence-corrected chi connectivity index (χ1v) is 5.03. The molecular formula is C12H10N2O2. The van der Waals surface area contributed by atoms with Crippen molar-refractivity contribution in [1.82, 2.24) is 4.68 Å². The van der Waals surface area contributed by atoms with Crippen LogP contribution in [-0.2, 0) is 0 Å². The van der Waals surface area contributed by atoms with Crippen molar-refractivity contribution >= 4 is 5.91 Å². The van der Waals surface area contributed by atoms with Crippen molar-refractivity contribution in [1.29, 1.82) is 0 Å². The largest absolute Gasteiger partial charge is 0.368 e. The number of amides is 1. The summed E-state index contributed by atoms with van der Waals surface area (Å²) in [5, 5.41) is 11.4. The molecule has 4 nitrogen and oxygen atoms in total. The van der Waals surface area contributed by atoms with Crippen molar-refractivity contribution in [2.45, 2.75) is 6.23 Å². The quantitative estimate of drug-likeness (QED) is 0.777. The molecule has 0 bridgehead atoms. The fraction of sp³-hybridized carbons (Fsp3) is 0.0833. The number of aliphatic hydroxyl groups is 1. The van der Waals surface area contributed by atoms with Gasteiger partial charge < -0.3 is 5.11 Å². The first-order chi connectivity index (χ1) is 7.79. The summed E-state index contributed by atoms with van der Waals surface area (Å²) in [6.07, 6.45) is 2.55. The number of rotatable bonds is 1. The van der Waals surface area contributed by atoms with Gasteiger partial charge >= 0.3 is 0 Å². The number of carbonyl (C=O) groups is 1. The SMILES string of the molecule is O=C1c2ccccc2[C@@H](O)N1n1cccc1. The van der Waals surface area contributed by atoms with E-state index >= 15 is 0 Å². The molecule has 2 aromatic rings. The minimum absolute atomic E-state index is 0.181. The van der Waals surface area contributed by atoms with Crippen molar-refractivity contribution in [3.8, 4) is 0 Å². The Hall–Kier alpha value is -2.07. The van der Waals surface area contributed by atoms with Gasteiger partial charge in [-0.1, -0.05) is 18.2 Å². The van der Waals surface area contributed by atoms with Crippen molar-refractivity contribution in [3.63, 3.8) is 0 Å². The topological polar surface area (TPSA) is 45.5 Å². The lowest BCUT2D eigenvalue weighted by molar-refractivity contribution is 0.0866. The molecule has 1 aromatic carbocycles. The molecule has 0 spiro atoms. The molecule has 0 saturated heterocycles. The predicted octanol–water partition coefficient (Wildman–Crippen LogP) is 1.27. The van der Waals surface area contributed by atoms with E-state index in [1.807, 2.05) is 18.2 Å². The van der Waals surface area contributed by atoms with E-state index in [-0.39, 0.29) is 5.91 Å². The van der Waals surface area contributed by atoms with E-state index in [1.165, 1.54) is 5.01 Å². The number of fused-ring (bicyclic) bond motifs is 1. The molecule has 80 valence electrons. The van der Waals surface area contributed by atoms with E-state index in [0.717, 1.165) is 0 Å². The highest BCUT2D eigenvalue weighted by molar-refractivity contribution is 6.06. The number of aliphatic hydroxyl groups excluding tert-OH is 1. The molecule has 1 atom stereocenters. The zero-order valence-electron chi connectivity index (χ0n) is 8.45. The van der Waals surface area contributed by atoms with E-state index in [2.05, 4.69) is 0 Å². The first-order valence-electron chi connectivity index (χ1n) is 5.03. The van der Waals surface area contributed by atoms with Gasteiger partial charge in [0.15, 0.2) is 6.23 Å². The molecule has 0 aliphatic carbocycles. The van der Waals surface area contributed by atoms with Gasteiger partial charge in [0, 0.05) is 23.5 Å². The van der Waals surface area contributed by atoms with Gasteiger partial charge in [-0.2, -0.15) is 0 Å². The van der Waals surface area contributed by atoms with Crippen LogP contribution < -0.4 is 5.01 Å². The van der Waals surface area contributed by atoms with Crippen LogP contribution in [0.5, 0.6) is 0 Å². The van der Waals surface area contributed by atoms with Gasteiger partial charge in [-0.25, -0.2) is 5.01 Å². The summed E-state index contributed by atoms with van der Waals surface area (Å²) in [5.41, 5.74) is 1.21. The summed E-state index contributed by atoms with van der Waals surface area (Å²) < 4.78 is 1.59. The van der Waals surface area contributed by atoms with Gasteiger partial charge in [0.05, 0.1) is 0 Å². The fourth-order valence-corrected chi connectivity index (χ4v) is 1.98. The maximum Gasteiger partial charge on any atom is 0.275 e. The highest BCUT2D eigenvalue weighted by Gasteiger charge is 2.36. The fourth-order valence-electron chi connectivity index (χ4n) is 1.98. The Morgan fingerprint density at radius 1 is 1.06 bits per heavy atom. The Morgan fingerprint density at radius 2 is 1.75 bits per heavy atom. The average Bonchev–Trinajstić information content (AvgIpc) is 2.89. The van der Waals surface area contributed by atoms with Crippen molar-refractivity contribution < 1.29 is 9.90 Å². The summed E-state index contributed by atoms with van der Waals surface area (Å²) in [5.74, 6) is -0.181. The van der Waals surface area contributed by atoms with Gasteiger partial charge in [0.2, 0.25) is 0 Å². The summed E-state index contributed by atoms with van der Waals surface area (Å²) >= 11 is 0. The number of hydrogen-bond donors (Lipinski definition) is 1. The molecule has 4 heteroatoms. The van der Waals surface area contributed by atoms with Crippen molar-refractivity contribution in [3.05, 3.63) is 59.9 Å². The van der Waals surface area contributed by atoms with Crippen LogP contribution in [0.25, 0.3) is 0 Å². The molecule has 1 amide bonds. The van der Waals surface area contributed by atoms with Crippen LogP contribution in [0.3, 0.4) is 0 Å². The van der Waals surface area contributed by atoms with E-state index in [4.69, 9.17) is 0 Å². The molecule has 0 saturated carbocycles. The smallest absolute Gasteiger partial charge is 0.275 e. The average molecular weight is 214 g/mol. The Morgan fingerprint density at radius 3 is 2.44 bits per heavy atom. The molecule has 0 fully saturated rings. The molecule has 1 aliphatic rings. The zero-order valence-corrected chi connectivity index (χ0v) is 8.45. The van der Waals surface area contributed by atoms with Gasteiger partial charge in [-0.3, -0.25) is 9.47 Å². The van der Waals surface area contributed by atoms with Crippen molar-refractivity contribution in [2.24, 2.45) is 0 Å². The lowest BCUT2D eigenvalue weighted by atomic mass is 10.1. The first kappa shape index (κ1) is 9.18. The normalized spacial score (nSPS) is 18.9. The highest BCUT2D eigenvalue weighted by atomic mass is 16.3. The molecule has 1 aromatic heterocycles. The maximum atomic E-state index is 12.1. The molecule has 0 unspecified atom stereocenters. The van der Waals surface area contributed by atoms with Crippen LogP contribution in [0.15, 0.2) is 48.8 Å². The van der Waals surface area contributed by atoms with E-state index in [9.17, 15) is 9.90 Å². The van der Waals surface area contributed by atoms with E-state index in [1.54, 1.807) is 35.3 Å². The lowest BCUT2D eigenvalue weighted by Crippen LogP contribution is -2.37. The Bertz CT molecular complexity index is 534. The number of benzene rings is 1. The molecule has 3 rings (SSSR count). The molecule has 1 N–H and O–H groups in total. The third-order valence-corrected chi connectivity index (χ3v) is 2.75. The van der Waals surface area contributed by atoms with Crippen LogP contribution in [0, 0.1) is 0 Å². The molecule has 1 aliphatic heterocycles. The summed E-state index contributed by atoms with van der Waals surface area (Å²) in [6, 6.07) is 10.7. The van der Waals surface area contributed by atoms with Crippen LogP contribution in [-0.4, -0.2) is 15.7 Å². The van der Waals surface area contributed by atoms with Gasteiger partial charge in [0.25, 0.3) is 5.91 Å².